The van der Waals surface area contributed by atoms with Crippen molar-refractivity contribution in [2.75, 3.05) is 13.2 Å². The van der Waals surface area contributed by atoms with E-state index in [0.29, 0.717) is 11.5 Å². The maximum absolute atomic E-state index is 13.8. The third kappa shape index (κ3) is 6.39. The molecule has 1 aliphatic carbocycles. The minimum atomic E-state index is -0.276. The van der Waals surface area contributed by atoms with E-state index in [9.17, 15) is 14.6 Å². The minimum absolute atomic E-state index is 0.00207. The Morgan fingerprint density at radius 3 is 1.76 bits per heavy atom. The van der Waals surface area contributed by atoms with Crippen molar-refractivity contribution in [2.24, 2.45) is 5.92 Å². The first-order chi connectivity index (χ1) is 20.6. The molecule has 2 saturated heterocycles. The smallest absolute Gasteiger partial charge is 0.131 e. The normalized spacial score (nSPS) is 26.2. The molecule has 4 N–H and O–H groups in total. The van der Waals surface area contributed by atoms with Gasteiger partial charge in [-0.05, 0) is 47.7 Å². The second kappa shape index (κ2) is 13.8. The maximum Gasteiger partial charge on any atom is 0.131 e. The van der Waals surface area contributed by atoms with E-state index in [4.69, 9.17) is 10.5 Å². The predicted octanol–water partition coefficient (Wildman–Crippen LogP) is 4.60. The lowest BCUT2D eigenvalue weighted by atomic mass is 9.78. The summed E-state index contributed by atoms with van der Waals surface area (Å²) >= 11 is 0. The van der Waals surface area contributed by atoms with Gasteiger partial charge < -0.3 is 10.2 Å². The zero-order valence-corrected chi connectivity index (χ0v) is 23.4. The molecule has 6 atom stereocenters. The van der Waals surface area contributed by atoms with Crippen LogP contribution in [0.1, 0.15) is 54.2 Å². The van der Waals surface area contributed by atoms with E-state index in [0.717, 1.165) is 22.3 Å². The van der Waals surface area contributed by atoms with Gasteiger partial charge in [-0.3, -0.25) is 10.6 Å². The SMILES string of the molecule is N#C[C@H]1N[C@@H](CO)[C@@H]1c1ccc(-c2ccccc2F)cc1.N#C[C@H]1N[C@@H](CO)[C@@H]1c1ccc(C#CC2CCCC2)cc1. The van der Waals surface area contributed by atoms with E-state index in [-0.39, 0.29) is 55.0 Å². The standard InChI is InChI=1S/C18H20N2O.C17H15FN2O/c19-11-16-18(17(12-21)20-16)15-9-7-14(8-10-15)6-5-13-3-1-2-4-13;18-14-4-2-1-3-13(14)11-5-7-12(8-6-11)17-15(9-19)20-16(17)10-21/h7-10,13,16-18,20-21H,1-4,12H2;1-8,15-17,20-21H,10H2/t16-,17+,18-;15-,16+,17-/m11/s1. The average molecular weight is 563 g/mol. The highest BCUT2D eigenvalue weighted by Gasteiger charge is 2.41. The molecular weight excluding hydrogens is 527 g/mol. The fourth-order valence-corrected chi connectivity index (χ4v) is 6.15. The molecule has 42 heavy (non-hydrogen) atoms. The van der Waals surface area contributed by atoms with Gasteiger partial charge in [-0.1, -0.05) is 79.3 Å². The zero-order valence-electron chi connectivity index (χ0n) is 23.4. The van der Waals surface area contributed by atoms with Crippen LogP contribution in [0.25, 0.3) is 11.1 Å². The van der Waals surface area contributed by atoms with E-state index in [1.165, 1.54) is 31.7 Å². The van der Waals surface area contributed by atoms with Crippen molar-refractivity contribution in [3.8, 4) is 35.1 Å². The van der Waals surface area contributed by atoms with Crippen molar-refractivity contribution >= 4 is 0 Å². The van der Waals surface area contributed by atoms with Crippen molar-refractivity contribution in [2.45, 2.75) is 61.7 Å². The molecule has 0 bridgehead atoms. The van der Waals surface area contributed by atoms with E-state index in [1.807, 2.05) is 48.5 Å². The fourth-order valence-electron chi connectivity index (χ4n) is 6.15. The molecule has 0 amide bonds. The highest BCUT2D eigenvalue weighted by molar-refractivity contribution is 5.64. The van der Waals surface area contributed by atoms with Gasteiger partial charge in [0.15, 0.2) is 0 Å². The third-order valence-electron chi connectivity index (χ3n) is 8.60. The van der Waals surface area contributed by atoms with Crippen LogP contribution in [0.2, 0.25) is 0 Å². The van der Waals surface area contributed by atoms with Crippen LogP contribution < -0.4 is 10.6 Å². The Morgan fingerprint density at radius 1 is 0.738 bits per heavy atom. The van der Waals surface area contributed by atoms with Crippen LogP contribution in [0, 0.1) is 46.2 Å². The summed E-state index contributed by atoms with van der Waals surface area (Å²) in [6.45, 7) is 0.0595. The molecule has 0 aromatic heterocycles. The number of aliphatic hydroxyl groups is 2. The summed E-state index contributed by atoms with van der Waals surface area (Å²) in [5.74, 6) is 7.00. The summed E-state index contributed by atoms with van der Waals surface area (Å²) < 4.78 is 13.8. The van der Waals surface area contributed by atoms with Crippen molar-refractivity contribution < 1.29 is 14.6 Å². The Morgan fingerprint density at radius 2 is 1.26 bits per heavy atom. The van der Waals surface area contributed by atoms with E-state index in [2.05, 4.69) is 34.6 Å². The monoisotopic (exact) mass is 562 g/mol. The van der Waals surface area contributed by atoms with Crippen molar-refractivity contribution in [1.29, 1.82) is 10.5 Å². The maximum atomic E-state index is 13.8. The number of nitrogens with one attached hydrogen (secondary N) is 2. The largest absolute Gasteiger partial charge is 0.395 e. The Kier molecular flexibility index (Phi) is 9.65. The summed E-state index contributed by atoms with van der Waals surface area (Å²) in [5, 5.41) is 42.8. The molecule has 6 rings (SSSR count). The number of nitriles is 2. The second-order valence-corrected chi connectivity index (χ2v) is 11.2. The summed E-state index contributed by atoms with van der Waals surface area (Å²) in [4.78, 5) is 0. The summed E-state index contributed by atoms with van der Waals surface area (Å²) in [6, 6.07) is 26.1. The molecule has 0 radical (unpaired) electrons. The van der Waals surface area contributed by atoms with Crippen LogP contribution in [0.3, 0.4) is 0 Å². The molecule has 7 heteroatoms. The zero-order chi connectivity index (χ0) is 29.5. The Bertz CT molecular complexity index is 1490. The van der Waals surface area contributed by atoms with Crippen molar-refractivity contribution in [3.63, 3.8) is 0 Å². The molecule has 0 unspecified atom stereocenters. The molecule has 0 spiro atoms. The van der Waals surface area contributed by atoms with Crippen LogP contribution in [0.4, 0.5) is 4.39 Å². The van der Waals surface area contributed by atoms with Crippen LogP contribution in [0.5, 0.6) is 0 Å². The highest BCUT2D eigenvalue weighted by atomic mass is 19.1. The molecule has 2 heterocycles. The van der Waals surface area contributed by atoms with Gasteiger partial charge in [0.2, 0.25) is 0 Å². The Labute approximate surface area is 246 Å². The van der Waals surface area contributed by atoms with Gasteiger partial charge in [-0.15, -0.1) is 0 Å². The number of rotatable bonds is 5. The Balaban J connectivity index is 0.000000168. The molecule has 2 aliphatic heterocycles. The topological polar surface area (TPSA) is 112 Å². The van der Waals surface area contributed by atoms with Crippen LogP contribution in [-0.4, -0.2) is 47.6 Å². The van der Waals surface area contributed by atoms with Gasteiger partial charge >= 0.3 is 0 Å². The number of hydrogen-bond acceptors (Lipinski definition) is 6. The molecule has 3 aromatic rings. The summed E-state index contributed by atoms with van der Waals surface area (Å²) in [6.07, 6.45) is 5.10. The van der Waals surface area contributed by atoms with Crippen LogP contribution >= 0.6 is 0 Å². The number of nitrogens with zero attached hydrogens (tertiary/aromatic N) is 2. The lowest BCUT2D eigenvalue weighted by Gasteiger charge is -2.41. The van der Waals surface area contributed by atoms with E-state index < -0.39 is 0 Å². The van der Waals surface area contributed by atoms with Crippen LogP contribution in [-0.2, 0) is 0 Å². The average Bonchev–Trinajstić information content (AvgIpc) is 3.52. The number of halogens is 1. The fraction of sp³-hybridized carbons (Fsp3) is 0.371. The molecule has 3 aromatic carbocycles. The minimum Gasteiger partial charge on any atom is -0.395 e. The van der Waals surface area contributed by atoms with E-state index >= 15 is 0 Å². The molecule has 214 valence electrons. The first kappa shape index (κ1) is 29.5. The van der Waals surface area contributed by atoms with Gasteiger partial charge in [0.1, 0.15) is 17.9 Å². The highest BCUT2D eigenvalue weighted by Crippen LogP contribution is 2.34. The number of aliphatic hydroxyl groups excluding tert-OH is 2. The first-order valence-corrected chi connectivity index (χ1v) is 14.6. The molecule has 6 nitrogen and oxygen atoms in total. The van der Waals surface area contributed by atoms with E-state index in [1.54, 1.807) is 18.2 Å². The number of benzene rings is 3. The van der Waals surface area contributed by atoms with Gasteiger partial charge in [0.05, 0.1) is 25.4 Å². The van der Waals surface area contributed by atoms with Gasteiger partial charge in [0.25, 0.3) is 0 Å². The Hall–Kier alpha value is -4.03. The molecule has 1 saturated carbocycles. The summed E-state index contributed by atoms with van der Waals surface area (Å²) in [7, 11) is 0. The second-order valence-electron chi connectivity index (χ2n) is 11.2. The third-order valence-corrected chi connectivity index (χ3v) is 8.60. The predicted molar refractivity (Wildman–Crippen MR) is 159 cm³/mol. The van der Waals surface area contributed by atoms with Crippen molar-refractivity contribution in [1.82, 2.24) is 10.6 Å². The quantitative estimate of drug-likeness (QED) is 0.338. The van der Waals surface area contributed by atoms with Gasteiger partial charge in [0, 0.05) is 41.0 Å². The molecule has 3 aliphatic rings. The van der Waals surface area contributed by atoms with Crippen molar-refractivity contribution in [3.05, 3.63) is 95.3 Å². The molecular formula is C35H35FN4O2. The van der Waals surface area contributed by atoms with Gasteiger partial charge in [-0.25, -0.2) is 4.39 Å². The lowest BCUT2D eigenvalue weighted by molar-refractivity contribution is 0.151. The molecule has 3 fully saturated rings. The van der Waals surface area contributed by atoms with Crippen LogP contribution in [0.15, 0.2) is 72.8 Å². The summed E-state index contributed by atoms with van der Waals surface area (Å²) in [5.41, 5.74) is 4.49. The lowest BCUT2D eigenvalue weighted by Crippen LogP contribution is -2.60. The van der Waals surface area contributed by atoms with Gasteiger partial charge in [-0.2, -0.15) is 10.5 Å². The first-order valence-electron chi connectivity index (χ1n) is 14.6. The number of hydrogen-bond donors (Lipinski definition) is 4.